The Bertz CT molecular complexity index is 616. The van der Waals surface area contributed by atoms with Gasteiger partial charge in [0.25, 0.3) is 0 Å². The fraction of sp³-hybridized carbons (Fsp3) is 0.600. The van der Waals surface area contributed by atoms with Crippen molar-refractivity contribution >= 4 is 17.6 Å². The number of nitrogens with one attached hydrogen (secondary N) is 1. The molecule has 2 rings (SSSR count). The topological polar surface area (TPSA) is 74.0 Å². The molecule has 1 saturated heterocycles. The maximum absolute atomic E-state index is 11.2. The number of nitrogens with two attached hydrogens (primary N) is 1. The normalized spacial score (nSPS) is 17.9. The first kappa shape index (κ1) is 20.1. The number of aliphatic imine (C=N–C) groups is 1. The van der Waals surface area contributed by atoms with Gasteiger partial charge >= 0.3 is 0 Å². The molecule has 1 aliphatic rings. The van der Waals surface area contributed by atoms with E-state index >= 15 is 0 Å². The number of hydrogen-bond acceptors (Lipinski definition) is 3. The zero-order valence-corrected chi connectivity index (χ0v) is 16.4. The molecule has 3 N–H and O–H groups in total. The number of amides is 1. The van der Waals surface area contributed by atoms with Crippen LogP contribution in [0.25, 0.3) is 0 Å². The summed E-state index contributed by atoms with van der Waals surface area (Å²) >= 11 is 0. The van der Waals surface area contributed by atoms with Crippen molar-refractivity contribution in [2.24, 2.45) is 16.6 Å². The van der Waals surface area contributed by atoms with Gasteiger partial charge in [-0.25, -0.2) is 0 Å². The van der Waals surface area contributed by atoms with Gasteiger partial charge in [0.2, 0.25) is 5.91 Å². The van der Waals surface area contributed by atoms with Crippen molar-refractivity contribution in [1.29, 1.82) is 0 Å². The van der Waals surface area contributed by atoms with Crippen molar-refractivity contribution in [3.63, 3.8) is 0 Å². The minimum atomic E-state index is -0.211. The van der Waals surface area contributed by atoms with E-state index in [2.05, 4.69) is 58.2 Å². The van der Waals surface area contributed by atoms with Crippen molar-refractivity contribution < 1.29 is 4.79 Å². The molecule has 1 aromatic rings. The number of para-hydroxylation sites is 1. The van der Waals surface area contributed by atoms with Crippen LogP contribution in [0.3, 0.4) is 0 Å². The van der Waals surface area contributed by atoms with Crippen LogP contribution in [0.15, 0.2) is 29.3 Å². The molecule has 1 fully saturated rings. The molecule has 6 heteroatoms. The standard InChI is InChI=1S/C20H33N5O/c1-4-24(18-10-6-5-8-16(18)2)13-11-23-20(22-3)25-12-7-9-17(15-25)14-19(21)26/h5-6,8,10,17H,4,7,9,11-15H2,1-3H3,(H2,21,26)(H,22,23). The summed E-state index contributed by atoms with van der Waals surface area (Å²) in [4.78, 5) is 20.3. The quantitative estimate of drug-likeness (QED) is 0.577. The Labute approximate surface area is 157 Å². The summed E-state index contributed by atoms with van der Waals surface area (Å²) in [6.45, 7) is 8.86. The lowest BCUT2D eigenvalue weighted by Gasteiger charge is -2.35. The largest absolute Gasteiger partial charge is 0.370 e. The van der Waals surface area contributed by atoms with Crippen LogP contribution in [0.5, 0.6) is 0 Å². The van der Waals surface area contributed by atoms with E-state index in [-0.39, 0.29) is 5.91 Å². The van der Waals surface area contributed by atoms with E-state index < -0.39 is 0 Å². The first-order chi connectivity index (χ1) is 12.5. The number of carbonyl (C=O) groups is 1. The third kappa shape index (κ3) is 5.64. The molecule has 26 heavy (non-hydrogen) atoms. The number of piperidine rings is 1. The van der Waals surface area contributed by atoms with Gasteiger partial charge in [0.1, 0.15) is 0 Å². The van der Waals surface area contributed by atoms with Crippen molar-refractivity contribution in [1.82, 2.24) is 10.2 Å². The molecule has 0 aromatic heterocycles. The van der Waals surface area contributed by atoms with E-state index in [1.165, 1.54) is 11.3 Å². The second-order valence-corrected chi connectivity index (χ2v) is 6.96. The molecule has 0 saturated carbocycles. The third-order valence-corrected chi connectivity index (χ3v) is 5.02. The summed E-state index contributed by atoms with van der Waals surface area (Å²) in [5, 5.41) is 3.49. The van der Waals surface area contributed by atoms with Gasteiger partial charge in [-0.15, -0.1) is 0 Å². The van der Waals surface area contributed by atoms with E-state index in [1.807, 2.05) is 7.05 Å². The van der Waals surface area contributed by atoms with Gasteiger partial charge in [-0.2, -0.15) is 0 Å². The van der Waals surface area contributed by atoms with Gasteiger partial charge in [-0.05, 0) is 44.2 Å². The number of primary amides is 1. The number of rotatable bonds is 7. The van der Waals surface area contributed by atoms with Crippen LogP contribution < -0.4 is 16.0 Å². The molecule has 1 aromatic carbocycles. The molecule has 1 heterocycles. The Hall–Kier alpha value is -2.24. The second-order valence-electron chi connectivity index (χ2n) is 6.96. The summed E-state index contributed by atoms with van der Waals surface area (Å²) in [5.74, 6) is 1.04. The van der Waals surface area contributed by atoms with Crippen molar-refractivity contribution in [3.8, 4) is 0 Å². The Balaban J connectivity index is 1.88. The molecule has 1 unspecified atom stereocenters. The predicted molar refractivity (Wildman–Crippen MR) is 109 cm³/mol. The molecule has 0 bridgehead atoms. The number of anilines is 1. The Kier molecular flexibility index (Phi) is 7.75. The molecule has 1 amide bonds. The molecule has 0 spiro atoms. The first-order valence-electron chi connectivity index (χ1n) is 9.59. The number of hydrogen-bond donors (Lipinski definition) is 2. The number of guanidine groups is 1. The Morgan fingerprint density at radius 3 is 2.85 bits per heavy atom. The summed E-state index contributed by atoms with van der Waals surface area (Å²) in [6.07, 6.45) is 2.60. The molecule has 144 valence electrons. The fourth-order valence-corrected chi connectivity index (χ4v) is 3.71. The number of likely N-dealkylation sites (N-methyl/N-ethyl adjacent to an activating group) is 1. The lowest BCUT2D eigenvalue weighted by molar-refractivity contribution is -0.119. The highest BCUT2D eigenvalue weighted by atomic mass is 16.1. The van der Waals surface area contributed by atoms with E-state index in [9.17, 15) is 4.79 Å². The van der Waals surface area contributed by atoms with Crippen LogP contribution in [0.1, 0.15) is 31.7 Å². The van der Waals surface area contributed by atoms with Crippen molar-refractivity contribution in [2.75, 3.05) is 44.7 Å². The number of benzene rings is 1. The van der Waals surface area contributed by atoms with Crippen LogP contribution in [-0.4, -0.2) is 56.5 Å². The third-order valence-electron chi connectivity index (χ3n) is 5.02. The maximum atomic E-state index is 11.2. The second kappa shape index (κ2) is 10.0. The minimum Gasteiger partial charge on any atom is -0.370 e. The summed E-state index contributed by atoms with van der Waals surface area (Å²) in [6, 6.07) is 8.49. The van der Waals surface area contributed by atoms with Crippen LogP contribution in [0.4, 0.5) is 5.69 Å². The van der Waals surface area contributed by atoms with Gasteiger partial charge < -0.3 is 20.9 Å². The van der Waals surface area contributed by atoms with Crippen molar-refractivity contribution in [3.05, 3.63) is 29.8 Å². The summed E-state index contributed by atoms with van der Waals surface area (Å²) in [5.41, 5.74) is 7.94. The van der Waals surface area contributed by atoms with E-state index in [4.69, 9.17) is 5.73 Å². The van der Waals surface area contributed by atoms with Crippen LogP contribution in [0, 0.1) is 12.8 Å². The zero-order chi connectivity index (χ0) is 18.9. The molecular weight excluding hydrogens is 326 g/mol. The van der Waals surface area contributed by atoms with Gasteiger partial charge in [0.05, 0.1) is 0 Å². The molecule has 1 aliphatic heterocycles. The highest BCUT2D eigenvalue weighted by Crippen LogP contribution is 2.20. The van der Waals surface area contributed by atoms with Crippen LogP contribution in [0.2, 0.25) is 0 Å². The lowest BCUT2D eigenvalue weighted by Crippen LogP contribution is -2.48. The fourth-order valence-electron chi connectivity index (χ4n) is 3.71. The van der Waals surface area contributed by atoms with Crippen molar-refractivity contribution in [2.45, 2.75) is 33.1 Å². The first-order valence-corrected chi connectivity index (χ1v) is 9.59. The Morgan fingerprint density at radius 2 is 2.19 bits per heavy atom. The summed E-state index contributed by atoms with van der Waals surface area (Å²) < 4.78 is 0. The molecular formula is C20H33N5O. The van der Waals surface area contributed by atoms with Crippen LogP contribution >= 0.6 is 0 Å². The van der Waals surface area contributed by atoms with E-state index in [1.54, 1.807) is 0 Å². The molecule has 6 nitrogen and oxygen atoms in total. The molecule has 0 radical (unpaired) electrons. The van der Waals surface area contributed by atoms with Gasteiger partial charge in [0.15, 0.2) is 5.96 Å². The highest BCUT2D eigenvalue weighted by molar-refractivity contribution is 5.80. The minimum absolute atomic E-state index is 0.211. The average Bonchev–Trinajstić information content (AvgIpc) is 2.62. The summed E-state index contributed by atoms with van der Waals surface area (Å²) in [7, 11) is 1.82. The molecule has 0 aliphatic carbocycles. The monoisotopic (exact) mass is 359 g/mol. The van der Waals surface area contributed by atoms with E-state index in [0.29, 0.717) is 12.3 Å². The number of nitrogens with zero attached hydrogens (tertiary/aromatic N) is 3. The predicted octanol–water partition coefficient (Wildman–Crippen LogP) is 1.98. The SMILES string of the molecule is CCN(CCNC(=NC)N1CCCC(CC(N)=O)C1)c1ccccc1C. The van der Waals surface area contributed by atoms with Gasteiger partial charge in [-0.1, -0.05) is 18.2 Å². The van der Waals surface area contributed by atoms with Gasteiger partial charge in [0, 0.05) is 51.9 Å². The number of aryl methyl sites for hydroxylation is 1. The molecule has 1 atom stereocenters. The number of likely N-dealkylation sites (tertiary alicyclic amines) is 1. The highest BCUT2D eigenvalue weighted by Gasteiger charge is 2.23. The lowest BCUT2D eigenvalue weighted by atomic mass is 9.95. The van der Waals surface area contributed by atoms with Crippen LogP contribution in [-0.2, 0) is 4.79 Å². The average molecular weight is 360 g/mol. The van der Waals surface area contributed by atoms with E-state index in [0.717, 1.165) is 51.5 Å². The Morgan fingerprint density at radius 1 is 1.42 bits per heavy atom. The smallest absolute Gasteiger partial charge is 0.217 e. The van der Waals surface area contributed by atoms with Gasteiger partial charge in [-0.3, -0.25) is 9.79 Å². The number of carbonyl (C=O) groups excluding carboxylic acids is 1. The zero-order valence-electron chi connectivity index (χ0n) is 16.4. The maximum Gasteiger partial charge on any atom is 0.217 e.